The number of aliphatic carboxylic acids is 1. The Balaban J connectivity index is 2.18. The second kappa shape index (κ2) is 5.14. The van der Waals surface area contributed by atoms with Crippen molar-refractivity contribution in [2.45, 2.75) is 12.8 Å². The van der Waals surface area contributed by atoms with Gasteiger partial charge in [-0.05, 0) is 34.1 Å². The fourth-order valence-corrected chi connectivity index (χ4v) is 1.97. The zero-order chi connectivity index (χ0) is 12.3. The van der Waals surface area contributed by atoms with E-state index in [0.29, 0.717) is 6.42 Å². The monoisotopic (exact) mass is 294 g/mol. The molecule has 1 aromatic heterocycles. The average molecular weight is 295 g/mol. The molecule has 5 heteroatoms. The molecule has 88 valence electrons. The van der Waals surface area contributed by atoms with Gasteiger partial charge in [-0.25, -0.2) is 4.68 Å². The zero-order valence-electron chi connectivity index (χ0n) is 9.01. The lowest BCUT2D eigenvalue weighted by Gasteiger charge is -2.03. The smallest absolute Gasteiger partial charge is 0.303 e. The summed E-state index contributed by atoms with van der Waals surface area (Å²) < 4.78 is 2.69. The van der Waals surface area contributed by atoms with Crippen molar-refractivity contribution in [2.75, 3.05) is 0 Å². The van der Waals surface area contributed by atoms with Crippen LogP contribution in [0.1, 0.15) is 12.1 Å². The molecule has 0 radical (unpaired) electrons. The van der Waals surface area contributed by atoms with E-state index in [0.717, 1.165) is 15.9 Å². The van der Waals surface area contributed by atoms with E-state index in [1.807, 2.05) is 36.5 Å². The Labute approximate surface area is 107 Å². The Kier molecular flexibility index (Phi) is 3.58. The summed E-state index contributed by atoms with van der Waals surface area (Å²) in [5.41, 5.74) is 1.72. The number of hydrogen-bond donors (Lipinski definition) is 1. The Morgan fingerprint density at radius 3 is 2.82 bits per heavy atom. The number of benzene rings is 1. The second-order valence-electron chi connectivity index (χ2n) is 3.60. The number of halogens is 1. The van der Waals surface area contributed by atoms with Gasteiger partial charge in [0.25, 0.3) is 0 Å². The molecule has 0 saturated heterocycles. The first-order valence-corrected chi connectivity index (χ1v) is 5.97. The van der Waals surface area contributed by atoms with Crippen LogP contribution in [0.25, 0.3) is 5.69 Å². The summed E-state index contributed by atoms with van der Waals surface area (Å²) in [6, 6.07) is 9.58. The quantitative estimate of drug-likeness (QED) is 0.943. The third-order valence-corrected chi connectivity index (χ3v) is 3.01. The van der Waals surface area contributed by atoms with Gasteiger partial charge in [-0.15, -0.1) is 0 Å². The molecule has 0 bridgehead atoms. The number of hydrogen-bond acceptors (Lipinski definition) is 2. The first-order valence-electron chi connectivity index (χ1n) is 5.18. The molecule has 0 aliphatic rings. The van der Waals surface area contributed by atoms with Gasteiger partial charge in [0.15, 0.2) is 0 Å². The van der Waals surface area contributed by atoms with Crippen molar-refractivity contribution in [3.05, 3.63) is 46.7 Å². The first-order chi connectivity index (χ1) is 8.16. The topological polar surface area (TPSA) is 55.1 Å². The molecule has 1 heterocycles. The van der Waals surface area contributed by atoms with Crippen LogP contribution in [0.4, 0.5) is 0 Å². The van der Waals surface area contributed by atoms with E-state index >= 15 is 0 Å². The number of aryl methyl sites for hydroxylation is 1. The highest BCUT2D eigenvalue weighted by molar-refractivity contribution is 9.10. The van der Waals surface area contributed by atoms with Crippen molar-refractivity contribution >= 4 is 21.9 Å². The minimum atomic E-state index is -0.805. The van der Waals surface area contributed by atoms with Gasteiger partial charge in [0.2, 0.25) is 0 Å². The average Bonchev–Trinajstić information content (AvgIpc) is 2.75. The molecule has 1 N–H and O–H groups in total. The highest BCUT2D eigenvalue weighted by Gasteiger charge is 2.05. The van der Waals surface area contributed by atoms with Gasteiger partial charge in [0, 0.05) is 17.1 Å². The Morgan fingerprint density at radius 1 is 1.35 bits per heavy atom. The molecule has 0 amide bonds. The van der Waals surface area contributed by atoms with Crippen LogP contribution in [0, 0.1) is 0 Å². The van der Waals surface area contributed by atoms with Gasteiger partial charge in [-0.3, -0.25) is 4.79 Å². The lowest BCUT2D eigenvalue weighted by Crippen LogP contribution is -2.00. The number of carbonyl (C=O) groups is 1. The van der Waals surface area contributed by atoms with Crippen molar-refractivity contribution in [2.24, 2.45) is 0 Å². The Bertz CT molecular complexity index is 537. The van der Waals surface area contributed by atoms with Crippen molar-refractivity contribution < 1.29 is 9.90 Å². The molecule has 4 nitrogen and oxygen atoms in total. The zero-order valence-corrected chi connectivity index (χ0v) is 10.6. The summed E-state index contributed by atoms with van der Waals surface area (Å²) in [6.45, 7) is 0. The molecular weight excluding hydrogens is 284 g/mol. The predicted octanol–water partition coefficient (Wildman–Crippen LogP) is 2.65. The maximum atomic E-state index is 10.5. The first kappa shape index (κ1) is 11.9. The Morgan fingerprint density at radius 2 is 2.12 bits per heavy atom. The van der Waals surface area contributed by atoms with Crippen molar-refractivity contribution in [1.82, 2.24) is 9.78 Å². The third-order valence-electron chi connectivity index (χ3n) is 2.34. The fourth-order valence-electron chi connectivity index (χ4n) is 1.50. The second-order valence-corrected chi connectivity index (χ2v) is 4.45. The molecule has 0 aliphatic heterocycles. The number of carboxylic acids is 1. The molecule has 2 rings (SSSR count). The van der Waals surface area contributed by atoms with Gasteiger partial charge < -0.3 is 5.11 Å². The standard InChI is InChI=1S/C12H11BrN2O2/c13-10-3-1-2-4-11(10)15-8-7-9(14-15)5-6-12(16)17/h1-4,7-8H,5-6H2,(H,16,17). The third kappa shape index (κ3) is 2.94. The largest absolute Gasteiger partial charge is 0.481 e. The van der Waals surface area contributed by atoms with Crippen molar-refractivity contribution in [1.29, 1.82) is 0 Å². The maximum Gasteiger partial charge on any atom is 0.303 e. The molecule has 0 atom stereocenters. The molecule has 0 aliphatic carbocycles. The van der Waals surface area contributed by atoms with E-state index in [2.05, 4.69) is 21.0 Å². The summed E-state index contributed by atoms with van der Waals surface area (Å²) in [5, 5.41) is 12.9. The molecule has 0 saturated carbocycles. The van der Waals surface area contributed by atoms with Gasteiger partial charge in [0.05, 0.1) is 17.8 Å². The highest BCUT2D eigenvalue weighted by Crippen LogP contribution is 2.19. The maximum absolute atomic E-state index is 10.5. The summed E-state index contributed by atoms with van der Waals surface area (Å²) >= 11 is 3.45. The molecule has 0 unspecified atom stereocenters. The number of aromatic nitrogens is 2. The van der Waals surface area contributed by atoms with Crippen LogP contribution >= 0.6 is 15.9 Å². The highest BCUT2D eigenvalue weighted by atomic mass is 79.9. The lowest BCUT2D eigenvalue weighted by atomic mass is 10.2. The lowest BCUT2D eigenvalue weighted by molar-refractivity contribution is -0.136. The molecule has 0 fully saturated rings. The van der Waals surface area contributed by atoms with Crippen LogP contribution in [0.2, 0.25) is 0 Å². The minimum Gasteiger partial charge on any atom is -0.481 e. The molecule has 1 aromatic carbocycles. The van der Waals surface area contributed by atoms with Crippen LogP contribution in [0.5, 0.6) is 0 Å². The summed E-state index contributed by atoms with van der Waals surface area (Å²) in [6.07, 6.45) is 2.39. The van der Waals surface area contributed by atoms with Crippen LogP contribution in [-0.4, -0.2) is 20.9 Å². The van der Waals surface area contributed by atoms with E-state index in [4.69, 9.17) is 5.11 Å². The molecule has 17 heavy (non-hydrogen) atoms. The van der Waals surface area contributed by atoms with E-state index in [1.54, 1.807) is 4.68 Å². The minimum absolute atomic E-state index is 0.104. The normalized spacial score (nSPS) is 10.4. The van der Waals surface area contributed by atoms with E-state index in [1.165, 1.54) is 0 Å². The van der Waals surface area contributed by atoms with Crippen LogP contribution in [0.3, 0.4) is 0 Å². The SMILES string of the molecule is O=C(O)CCc1ccn(-c2ccccc2Br)n1. The molecule has 2 aromatic rings. The molecular formula is C12H11BrN2O2. The number of nitrogens with zero attached hydrogens (tertiary/aromatic N) is 2. The van der Waals surface area contributed by atoms with Gasteiger partial charge in [-0.2, -0.15) is 5.10 Å². The van der Waals surface area contributed by atoms with Crippen LogP contribution in [-0.2, 0) is 11.2 Å². The van der Waals surface area contributed by atoms with Gasteiger partial charge in [-0.1, -0.05) is 12.1 Å². The molecule has 0 spiro atoms. The van der Waals surface area contributed by atoms with E-state index < -0.39 is 5.97 Å². The fraction of sp³-hybridized carbons (Fsp3) is 0.167. The number of para-hydroxylation sites is 1. The van der Waals surface area contributed by atoms with Gasteiger partial charge in [0.1, 0.15) is 0 Å². The Hall–Kier alpha value is -1.62. The van der Waals surface area contributed by atoms with Crippen LogP contribution in [0.15, 0.2) is 41.0 Å². The van der Waals surface area contributed by atoms with Gasteiger partial charge >= 0.3 is 5.97 Å². The number of rotatable bonds is 4. The van der Waals surface area contributed by atoms with Crippen molar-refractivity contribution in [3.8, 4) is 5.69 Å². The van der Waals surface area contributed by atoms with E-state index in [9.17, 15) is 4.79 Å². The predicted molar refractivity (Wildman–Crippen MR) is 67.2 cm³/mol. The number of carboxylic acid groups (broad SMARTS) is 1. The van der Waals surface area contributed by atoms with Crippen LogP contribution < -0.4 is 0 Å². The summed E-state index contributed by atoms with van der Waals surface area (Å²) in [4.78, 5) is 10.5. The van der Waals surface area contributed by atoms with E-state index in [-0.39, 0.29) is 6.42 Å². The summed E-state index contributed by atoms with van der Waals surface area (Å²) in [7, 11) is 0. The van der Waals surface area contributed by atoms with Crippen molar-refractivity contribution in [3.63, 3.8) is 0 Å². The summed E-state index contributed by atoms with van der Waals surface area (Å²) in [5.74, 6) is -0.805.